The first kappa shape index (κ1) is 22.6. The minimum Gasteiger partial charge on any atom is -0.497 e. The smallest absolute Gasteiger partial charge is 0.242 e. The van der Waals surface area contributed by atoms with Gasteiger partial charge in [-0.25, -0.2) is 4.98 Å². The van der Waals surface area contributed by atoms with Crippen molar-refractivity contribution in [3.05, 3.63) is 71.9 Å². The van der Waals surface area contributed by atoms with Gasteiger partial charge in [-0.1, -0.05) is 30.3 Å². The largest absolute Gasteiger partial charge is 0.497 e. The second kappa shape index (κ2) is 10.8. The van der Waals surface area contributed by atoms with E-state index in [1.54, 1.807) is 18.9 Å². The van der Waals surface area contributed by atoms with Gasteiger partial charge >= 0.3 is 0 Å². The Kier molecular flexibility index (Phi) is 8.13. The lowest BCUT2D eigenvalue weighted by Gasteiger charge is -2.20. The van der Waals surface area contributed by atoms with E-state index in [1.165, 1.54) is 23.5 Å². The summed E-state index contributed by atoms with van der Waals surface area (Å²) in [4.78, 5) is 20.1. The first-order valence-electron chi connectivity index (χ1n) is 9.32. The number of nitrogens with zero attached hydrogens (tertiary/aromatic N) is 1. The lowest BCUT2D eigenvalue weighted by Crippen LogP contribution is -2.20. The van der Waals surface area contributed by atoms with Crippen molar-refractivity contribution in [2.45, 2.75) is 27.0 Å². The highest BCUT2D eigenvalue weighted by Crippen LogP contribution is 2.39. The molecule has 156 valence electrons. The van der Waals surface area contributed by atoms with Crippen LogP contribution in [0.3, 0.4) is 0 Å². The molecule has 0 fully saturated rings. The van der Waals surface area contributed by atoms with Crippen LogP contribution in [0.1, 0.15) is 16.5 Å². The molecule has 0 saturated carbocycles. The summed E-state index contributed by atoms with van der Waals surface area (Å²) in [6.45, 7) is 1.97. The lowest BCUT2D eigenvalue weighted by molar-refractivity contribution is -0.115. The number of pyridine rings is 1. The molecule has 0 radical (unpaired) electrons. The Hall–Kier alpha value is -2.09. The number of aromatic nitrogens is 1. The second-order valence-electron chi connectivity index (χ2n) is 6.42. The molecule has 0 spiro atoms. The van der Waals surface area contributed by atoms with Crippen molar-refractivity contribution in [2.75, 3.05) is 24.9 Å². The van der Waals surface area contributed by atoms with Crippen LogP contribution in [-0.4, -0.2) is 30.5 Å². The SMILES string of the molecule is COc1ccc(C(Sc2ccccc2)C(=O)Nc2c(SC)cc(C)nc2SC)cc1. The first-order valence-corrected chi connectivity index (χ1v) is 12.6. The van der Waals surface area contributed by atoms with E-state index in [0.29, 0.717) is 0 Å². The number of benzene rings is 2. The summed E-state index contributed by atoms with van der Waals surface area (Å²) in [5.74, 6) is 0.685. The predicted octanol–water partition coefficient (Wildman–Crippen LogP) is 6.31. The van der Waals surface area contributed by atoms with Crippen LogP contribution in [0.15, 0.2) is 75.5 Å². The third-order valence-electron chi connectivity index (χ3n) is 4.39. The normalized spacial score (nSPS) is 11.7. The number of anilines is 1. The molecular weight excluding hydrogens is 432 g/mol. The number of carbonyl (C=O) groups is 1. The van der Waals surface area contributed by atoms with Gasteiger partial charge in [0, 0.05) is 15.5 Å². The summed E-state index contributed by atoms with van der Waals surface area (Å²) in [7, 11) is 1.64. The number of thioether (sulfide) groups is 3. The fourth-order valence-electron chi connectivity index (χ4n) is 2.91. The molecule has 1 heterocycles. The van der Waals surface area contributed by atoms with Gasteiger partial charge in [-0.3, -0.25) is 4.79 Å². The van der Waals surface area contributed by atoms with E-state index in [9.17, 15) is 4.79 Å². The highest BCUT2D eigenvalue weighted by Gasteiger charge is 2.24. The third-order valence-corrected chi connectivity index (χ3v) is 7.10. The summed E-state index contributed by atoms with van der Waals surface area (Å²) in [5.41, 5.74) is 2.63. The lowest BCUT2D eigenvalue weighted by atomic mass is 10.1. The van der Waals surface area contributed by atoms with Gasteiger partial charge in [-0.2, -0.15) is 0 Å². The van der Waals surface area contributed by atoms with E-state index in [0.717, 1.165) is 37.5 Å². The highest BCUT2D eigenvalue weighted by atomic mass is 32.2. The number of rotatable bonds is 8. The Bertz CT molecular complexity index is 970. The fourth-order valence-corrected chi connectivity index (χ4v) is 5.27. The third kappa shape index (κ3) is 5.53. The quantitative estimate of drug-likeness (QED) is 0.401. The van der Waals surface area contributed by atoms with Crippen molar-refractivity contribution >= 4 is 46.9 Å². The molecule has 0 saturated heterocycles. The molecule has 4 nitrogen and oxygen atoms in total. The van der Waals surface area contributed by atoms with E-state index in [1.807, 2.05) is 80.1 Å². The Morgan fingerprint density at radius 1 is 1.03 bits per heavy atom. The highest BCUT2D eigenvalue weighted by molar-refractivity contribution is 8.00. The van der Waals surface area contributed by atoms with Crippen LogP contribution >= 0.6 is 35.3 Å². The van der Waals surface area contributed by atoms with E-state index in [-0.39, 0.29) is 5.91 Å². The van der Waals surface area contributed by atoms with Crippen LogP contribution in [0, 0.1) is 6.92 Å². The standard InChI is InChI=1S/C23H24N2O2S3/c1-15-14-19(28-3)20(23(24-15)29-4)25-22(26)21(30-18-8-6-5-7-9-18)16-10-12-17(27-2)13-11-16/h5-14,21H,1-4H3,(H,25,26). The maximum Gasteiger partial charge on any atom is 0.242 e. The van der Waals surface area contributed by atoms with Gasteiger partial charge in [0.2, 0.25) is 5.91 Å². The summed E-state index contributed by atoms with van der Waals surface area (Å²) in [6.07, 6.45) is 3.98. The molecule has 30 heavy (non-hydrogen) atoms. The molecular formula is C23H24N2O2S3. The molecule has 2 aromatic carbocycles. The maximum atomic E-state index is 13.5. The summed E-state index contributed by atoms with van der Waals surface area (Å²) in [6, 6.07) is 19.6. The summed E-state index contributed by atoms with van der Waals surface area (Å²) in [5, 5.41) is 3.57. The number of aryl methyl sites for hydroxylation is 1. The minimum atomic E-state index is -0.413. The summed E-state index contributed by atoms with van der Waals surface area (Å²) < 4.78 is 5.27. The van der Waals surface area contributed by atoms with Crippen LogP contribution in [0.25, 0.3) is 0 Å². The fraction of sp³-hybridized carbons (Fsp3) is 0.217. The number of amides is 1. The number of nitrogens with one attached hydrogen (secondary N) is 1. The van der Waals surface area contributed by atoms with Crippen LogP contribution < -0.4 is 10.1 Å². The average molecular weight is 457 g/mol. The van der Waals surface area contributed by atoms with Crippen LogP contribution in [-0.2, 0) is 4.79 Å². The van der Waals surface area contributed by atoms with Gasteiger partial charge in [0.1, 0.15) is 16.0 Å². The Morgan fingerprint density at radius 2 is 1.73 bits per heavy atom. The molecule has 1 aromatic heterocycles. The number of hydrogen-bond acceptors (Lipinski definition) is 6. The second-order valence-corrected chi connectivity index (χ2v) is 9.25. The molecule has 0 aliphatic heterocycles. The van der Waals surface area contributed by atoms with Crippen LogP contribution in [0.4, 0.5) is 5.69 Å². The first-order chi connectivity index (χ1) is 14.5. The molecule has 1 N–H and O–H groups in total. The van der Waals surface area contributed by atoms with Crippen LogP contribution in [0.2, 0.25) is 0 Å². The van der Waals surface area contributed by atoms with E-state index in [4.69, 9.17) is 4.74 Å². The van der Waals surface area contributed by atoms with Gasteiger partial charge < -0.3 is 10.1 Å². The van der Waals surface area contributed by atoms with Crippen molar-refractivity contribution in [3.8, 4) is 5.75 Å². The van der Waals surface area contributed by atoms with Crippen molar-refractivity contribution in [1.82, 2.24) is 4.98 Å². The van der Waals surface area contributed by atoms with Gasteiger partial charge in [0.25, 0.3) is 0 Å². The zero-order chi connectivity index (χ0) is 21.5. The monoisotopic (exact) mass is 456 g/mol. The molecule has 1 atom stereocenters. The van der Waals surface area contributed by atoms with Crippen LogP contribution in [0.5, 0.6) is 5.75 Å². The Balaban J connectivity index is 1.96. The molecule has 7 heteroatoms. The van der Waals surface area contributed by atoms with Crippen molar-refractivity contribution < 1.29 is 9.53 Å². The van der Waals surface area contributed by atoms with E-state index in [2.05, 4.69) is 10.3 Å². The topological polar surface area (TPSA) is 51.2 Å². The average Bonchev–Trinajstić information content (AvgIpc) is 2.78. The molecule has 1 amide bonds. The zero-order valence-corrected chi connectivity index (χ0v) is 19.8. The molecule has 0 bridgehead atoms. The molecule has 1 unspecified atom stereocenters. The van der Waals surface area contributed by atoms with Crippen molar-refractivity contribution in [2.24, 2.45) is 0 Å². The van der Waals surface area contributed by atoms with Crippen molar-refractivity contribution in [1.29, 1.82) is 0 Å². The molecule has 3 aromatic rings. The van der Waals surface area contributed by atoms with Gasteiger partial charge in [-0.15, -0.1) is 35.3 Å². The Labute approximate surface area is 190 Å². The maximum absolute atomic E-state index is 13.5. The molecule has 3 rings (SSSR count). The van der Waals surface area contributed by atoms with Gasteiger partial charge in [-0.05, 0) is 55.3 Å². The van der Waals surface area contributed by atoms with Gasteiger partial charge in [0.15, 0.2) is 0 Å². The molecule has 0 aliphatic rings. The van der Waals surface area contributed by atoms with E-state index < -0.39 is 5.25 Å². The van der Waals surface area contributed by atoms with Crippen molar-refractivity contribution in [3.63, 3.8) is 0 Å². The number of methoxy groups -OCH3 is 1. The van der Waals surface area contributed by atoms with Gasteiger partial charge in [0.05, 0.1) is 12.8 Å². The number of hydrogen-bond donors (Lipinski definition) is 1. The predicted molar refractivity (Wildman–Crippen MR) is 129 cm³/mol. The summed E-state index contributed by atoms with van der Waals surface area (Å²) >= 11 is 4.67. The Morgan fingerprint density at radius 3 is 2.33 bits per heavy atom. The van der Waals surface area contributed by atoms with E-state index >= 15 is 0 Å². The molecule has 0 aliphatic carbocycles. The zero-order valence-electron chi connectivity index (χ0n) is 17.3. The minimum absolute atomic E-state index is 0.0785. The number of ether oxygens (including phenoxy) is 1. The number of carbonyl (C=O) groups excluding carboxylic acids is 1.